The van der Waals surface area contributed by atoms with Crippen molar-refractivity contribution < 1.29 is 19.8 Å². The molecule has 212 valence electrons. The summed E-state index contributed by atoms with van der Waals surface area (Å²) in [6, 6.07) is 18.1. The van der Waals surface area contributed by atoms with Crippen LogP contribution in [-0.2, 0) is 0 Å². The second-order valence-electron chi connectivity index (χ2n) is 11.5. The summed E-state index contributed by atoms with van der Waals surface area (Å²) < 4.78 is 6.26. The van der Waals surface area contributed by atoms with Gasteiger partial charge in [-0.05, 0) is 85.4 Å². The number of rotatable bonds is 5. The van der Waals surface area contributed by atoms with Gasteiger partial charge in [-0.1, -0.05) is 30.3 Å². The largest absolute Gasteiger partial charge is 0.508 e. The highest BCUT2D eigenvalue weighted by atomic mass is 16.5. The minimum absolute atomic E-state index is 0.0765. The lowest BCUT2D eigenvalue weighted by atomic mass is 9.97. The van der Waals surface area contributed by atoms with Crippen LogP contribution in [0.3, 0.4) is 0 Å². The first-order chi connectivity index (χ1) is 20.0. The Morgan fingerprint density at radius 2 is 1.83 bits per heavy atom. The Hall–Kier alpha value is -4.15. The highest BCUT2D eigenvalue weighted by Gasteiger charge is 2.43. The van der Waals surface area contributed by atoms with Gasteiger partial charge in [-0.15, -0.1) is 0 Å². The second kappa shape index (κ2) is 10.4. The monoisotopic (exact) mass is 554 g/mol. The third-order valence-corrected chi connectivity index (χ3v) is 9.00. The normalized spacial score (nSPS) is 22.5. The Balaban J connectivity index is 1.31. The molecule has 7 rings (SSSR count). The molecule has 1 aromatic heterocycles. The lowest BCUT2D eigenvalue weighted by Gasteiger charge is -2.41. The van der Waals surface area contributed by atoms with Crippen molar-refractivity contribution in [1.82, 2.24) is 25.2 Å². The van der Waals surface area contributed by atoms with Crippen molar-refractivity contribution in [3.63, 3.8) is 0 Å². The first-order valence-corrected chi connectivity index (χ1v) is 14.3. The number of hydrogen-bond acceptors (Lipinski definition) is 8. The van der Waals surface area contributed by atoms with Crippen LogP contribution < -0.4 is 15.1 Å². The molecule has 3 aliphatic heterocycles. The molecule has 41 heavy (non-hydrogen) atoms. The zero-order chi connectivity index (χ0) is 28.1. The highest BCUT2D eigenvalue weighted by Crippen LogP contribution is 2.40. The van der Waals surface area contributed by atoms with E-state index in [0.29, 0.717) is 31.7 Å². The first-order valence-electron chi connectivity index (χ1n) is 14.3. The average Bonchev–Trinajstić information content (AvgIpc) is 3.52. The lowest BCUT2D eigenvalue weighted by molar-refractivity contribution is 0.121. The quantitative estimate of drug-likeness (QED) is 0.246. The van der Waals surface area contributed by atoms with Gasteiger partial charge in [-0.3, -0.25) is 5.21 Å². The molecule has 3 atom stereocenters. The third-order valence-electron chi connectivity index (χ3n) is 9.00. The topological polar surface area (TPSA) is 114 Å². The van der Waals surface area contributed by atoms with Crippen molar-refractivity contribution in [2.45, 2.75) is 43.8 Å². The molecule has 0 radical (unpaired) electrons. The Morgan fingerprint density at radius 1 is 1.02 bits per heavy atom. The molecule has 10 nitrogen and oxygen atoms in total. The molecule has 10 heteroatoms. The minimum Gasteiger partial charge on any atom is -0.508 e. The number of likely N-dealkylation sites (tertiary alicyclic amines) is 2. The minimum atomic E-state index is -0.471. The van der Waals surface area contributed by atoms with E-state index < -0.39 is 6.03 Å². The second-order valence-corrected chi connectivity index (χ2v) is 11.5. The molecule has 0 aliphatic carbocycles. The van der Waals surface area contributed by atoms with Crippen LogP contribution in [0.15, 0.2) is 54.6 Å². The maximum absolute atomic E-state index is 12.2. The molecule has 0 unspecified atom stereocenters. The Labute approximate surface area is 238 Å². The maximum Gasteiger partial charge on any atom is 0.341 e. The number of benzene rings is 3. The van der Waals surface area contributed by atoms with Crippen molar-refractivity contribution >= 4 is 33.5 Å². The van der Waals surface area contributed by atoms with Gasteiger partial charge in [0.1, 0.15) is 18.2 Å². The number of likely N-dealkylation sites (N-methyl/N-ethyl adjacent to an activating group) is 1. The summed E-state index contributed by atoms with van der Waals surface area (Å²) in [7, 11) is 2.12. The fraction of sp³-hybridized carbons (Fsp3) is 0.387. The van der Waals surface area contributed by atoms with E-state index in [4.69, 9.17) is 14.7 Å². The number of nitrogens with one attached hydrogen (secondary N) is 1. The van der Waals surface area contributed by atoms with Crippen molar-refractivity contribution in [3.05, 3.63) is 54.6 Å². The number of ether oxygens (including phenoxy) is 1. The molecule has 3 saturated heterocycles. The van der Waals surface area contributed by atoms with Gasteiger partial charge >= 0.3 is 12.0 Å². The molecular weight excluding hydrogens is 520 g/mol. The zero-order valence-corrected chi connectivity index (χ0v) is 23.0. The summed E-state index contributed by atoms with van der Waals surface area (Å²) in [5.41, 5.74) is 4.43. The fourth-order valence-electron chi connectivity index (χ4n) is 6.90. The zero-order valence-electron chi connectivity index (χ0n) is 23.0. The highest BCUT2D eigenvalue weighted by molar-refractivity contribution is 6.01. The maximum atomic E-state index is 12.2. The van der Waals surface area contributed by atoms with E-state index in [0.717, 1.165) is 70.8 Å². The Kier molecular flexibility index (Phi) is 6.51. The van der Waals surface area contributed by atoms with Crippen LogP contribution >= 0.6 is 0 Å². The number of fused-ring (bicyclic) bond motifs is 4. The van der Waals surface area contributed by atoms with Gasteiger partial charge in [0.05, 0.1) is 5.52 Å². The molecule has 0 saturated carbocycles. The number of aromatic nitrogens is 2. The van der Waals surface area contributed by atoms with E-state index in [1.54, 1.807) is 22.5 Å². The number of carbonyl (C=O) groups excluding carboxylic acids is 1. The number of hydrogen-bond donors (Lipinski definition) is 3. The van der Waals surface area contributed by atoms with Crippen molar-refractivity contribution in [1.29, 1.82) is 0 Å². The van der Waals surface area contributed by atoms with Crippen LogP contribution in [0.4, 0.5) is 10.6 Å². The van der Waals surface area contributed by atoms with Gasteiger partial charge in [-0.2, -0.15) is 9.97 Å². The molecular formula is C31H34N6O4. The Bertz CT molecular complexity index is 1620. The average molecular weight is 555 g/mol. The summed E-state index contributed by atoms with van der Waals surface area (Å²) in [5.74, 6) is 1.03. The summed E-state index contributed by atoms with van der Waals surface area (Å²) in [6.07, 6.45) is 4.11. The number of nitrogens with zero attached hydrogens (tertiary/aromatic N) is 5. The number of carbonyl (C=O) groups is 1. The van der Waals surface area contributed by atoms with Crippen LogP contribution in [-0.4, -0.2) is 87.5 Å². The number of piperazine rings is 1. The third kappa shape index (κ3) is 4.66. The number of anilines is 1. The SMILES string of the molecule is CN1CCC[C@H]1COc1nc(N2[C@@H]3CC[C@H]2CN(C(=O)NO)C3)c2ccc(-c3cc(O)cc4ccccc34)cc2n1. The number of hydroxylamine groups is 1. The van der Waals surface area contributed by atoms with Gasteiger partial charge in [-0.25, -0.2) is 10.3 Å². The van der Waals surface area contributed by atoms with Crippen molar-refractivity contribution in [3.8, 4) is 22.9 Å². The predicted molar refractivity (Wildman–Crippen MR) is 156 cm³/mol. The van der Waals surface area contributed by atoms with Crippen LogP contribution in [0.1, 0.15) is 25.7 Å². The van der Waals surface area contributed by atoms with Gasteiger partial charge < -0.3 is 24.5 Å². The van der Waals surface area contributed by atoms with Gasteiger partial charge in [0.2, 0.25) is 0 Å². The molecule has 3 aromatic carbocycles. The summed E-state index contributed by atoms with van der Waals surface area (Å²) >= 11 is 0. The number of phenolic OH excluding ortho intramolecular Hbond substituents is 1. The van der Waals surface area contributed by atoms with Crippen LogP contribution in [0.5, 0.6) is 11.8 Å². The van der Waals surface area contributed by atoms with E-state index in [2.05, 4.69) is 35.0 Å². The van der Waals surface area contributed by atoms with E-state index in [-0.39, 0.29) is 17.8 Å². The number of phenols is 1. The van der Waals surface area contributed by atoms with Gasteiger partial charge in [0.15, 0.2) is 0 Å². The van der Waals surface area contributed by atoms with Crippen LogP contribution in [0.2, 0.25) is 0 Å². The van der Waals surface area contributed by atoms with E-state index in [1.165, 1.54) is 0 Å². The molecule has 4 aromatic rings. The standard InChI is InChI=1S/C31H34N6O4/c1-35-12-4-6-23(35)18-41-30-32-28-14-20(27-15-24(38)13-19-5-2-3-7-25(19)27)8-11-26(28)29(33-30)37-21-9-10-22(37)17-36(16-21)31(39)34-40/h2-3,5,7-8,11,13-15,21-23,38,40H,4,6,9-10,12,16-18H2,1H3,(H,34,39)/t21-,22+,23-/m0/s1. The number of amides is 2. The molecule has 3 N–H and O–H groups in total. The van der Waals surface area contributed by atoms with Crippen LogP contribution in [0, 0.1) is 0 Å². The summed E-state index contributed by atoms with van der Waals surface area (Å²) in [5, 5.41) is 22.6. The predicted octanol–water partition coefficient (Wildman–Crippen LogP) is 4.38. The smallest absolute Gasteiger partial charge is 0.341 e. The van der Waals surface area contributed by atoms with E-state index in [9.17, 15) is 15.1 Å². The molecule has 2 amide bonds. The first kappa shape index (κ1) is 25.8. The molecule has 0 spiro atoms. The molecule has 3 aliphatic rings. The van der Waals surface area contributed by atoms with E-state index >= 15 is 0 Å². The molecule has 3 fully saturated rings. The van der Waals surface area contributed by atoms with Gasteiger partial charge in [0, 0.05) is 36.6 Å². The van der Waals surface area contributed by atoms with Crippen LogP contribution in [0.25, 0.3) is 32.8 Å². The van der Waals surface area contributed by atoms with Gasteiger partial charge in [0.25, 0.3) is 0 Å². The van der Waals surface area contributed by atoms with E-state index in [1.807, 2.05) is 24.3 Å². The lowest BCUT2D eigenvalue weighted by Crippen LogP contribution is -2.57. The number of aromatic hydroxyl groups is 1. The summed E-state index contributed by atoms with van der Waals surface area (Å²) in [4.78, 5) is 28.4. The number of urea groups is 1. The molecule has 2 bridgehead atoms. The summed E-state index contributed by atoms with van der Waals surface area (Å²) in [6.45, 7) is 2.60. The van der Waals surface area contributed by atoms with Crippen molar-refractivity contribution in [2.24, 2.45) is 0 Å². The Morgan fingerprint density at radius 3 is 2.59 bits per heavy atom. The molecule has 4 heterocycles. The van der Waals surface area contributed by atoms with Crippen molar-refractivity contribution in [2.75, 3.05) is 38.2 Å². The fourth-order valence-corrected chi connectivity index (χ4v) is 6.90.